The highest BCUT2D eigenvalue weighted by Gasteiger charge is 2.23. The van der Waals surface area contributed by atoms with E-state index >= 15 is 0 Å². The number of furan rings is 1. The first-order chi connectivity index (χ1) is 14.2. The van der Waals surface area contributed by atoms with Crippen molar-refractivity contribution < 1.29 is 18.7 Å². The smallest absolute Gasteiger partial charge is 0.239 e. The van der Waals surface area contributed by atoms with Crippen molar-refractivity contribution >= 4 is 22.8 Å². The van der Waals surface area contributed by atoms with E-state index in [0.29, 0.717) is 28.7 Å². The van der Waals surface area contributed by atoms with Gasteiger partial charge in [-0.3, -0.25) is 9.89 Å². The van der Waals surface area contributed by atoms with E-state index in [4.69, 9.17) is 19.6 Å². The zero-order valence-electron chi connectivity index (χ0n) is 15.3. The Morgan fingerprint density at radius 2 is 1.97 bits per heavy atom. The summed E-state index contributed by atoms with van der Waals surface area (Å²) in [5, 5.41) is 10.0. The molecule has 4 aromatic rings. The highest BCUT2D eigenvalue weighted by molar-refractivity contribution is 5.94. The molecule has 5 rings (SSSR count). The number of ether oxygens (including phenoxy) is 2. The number of carbonyl (C=O) groups is 1. The maximum Gasteiger partial charge on any atom is 0.239 e. The molecule has 2 aromatic heterocycles. The molecule has 1 aliphatic rings. The molecule has 0 atom stereocenters. The van der Waals surface area contributed by atoms with Crippen LogP contribution < -0.4 is 20.5 Å². The zero-order chi connectivity index (χ0) is 19.8. The molecule has 4 N–H and O–H groups in total. The topological polar surface area (TPSA) is 128 Å². The van der Waals surface area contributed by atoms with Gasteiger partial charge in [-0.2, -0.15) is 4.98 Å². The Bertz CT molecular complexity index is 1200. The summed E-state index contributed by atoms with van der Waals surface area (Å²) in [5.74, 6) is 2.35. The van der Waals surface area contributed by atoms with Crippen LogP contribution in [0.2, 0.25) is 0 Å². The minimum absolute atomic E-state index is 0.125. The lowest BCUT2D eigenvalue weighted by atomic mass is 10.0. The second-order valence-electron chi connectivity index (χ2n) is 6.57. The predicted molar refractivity (Wildman–Crippen MR) is 104 cm³/mol. The standard InChI is InChI=1S/C20H17N5O4/c21-20-23-17(24-25-20)9-22-18(26)7-13-12-6-15-16(28-10-27-15)8-14(12)29-19(13)11-4-2-1-3-5-11/h1-6,8H,7,9-10H2,(H,22,26)(H3,21,23,24,25). The molecule has 3 heterocycles. The molecule has 0 unspecified atom stereocenters. The summed E-state index contributed by atoms with van der Waals surface area (Å²) in [6.45, 7) is 0.370. The number of nitrogens with one attached hydrogen (secondary N) is 2. The first-order valence-electron chi connectivity index (χ1n) is 9.01. The van der Waals surface area contributed by atoms with E-state index in [-0.39, 0.29) is 31.6 Å². The molecule has 9 nitrogen and oxygen atoms in total. The van der Waals surface area contributed by atoms with Crippen molar-refractivity contribution in [1.82, 2.24) is 20.5 Å². The molecule has 0 spiro atoms. The van der Waals surface area contributed by atoms with Gasteiger partial charge in [0, 0.05) is 22.6 Å². The van der Waals surface area contributed by atoms with Crippen LogP contribution in [0.1, 0.15) is 11.4 Å². The number of fused-ring (bicyclic) bond motifs is 2. The third kappa shape index (κ3) is 3.22. The third-order valence-electron chi connectivity index (χ3n) is 4.66. The monoisotopic (exact) mass is 391 g/mol. The number of nitrogens with zero attached hydrogens (tertiary/aromatic N) is 2. The second kappa shape index (κ2) is 6.86. The van der Waals surface area contributed by atoms with Crippen LogP contribution in [0.15, 0.2) is 46.9 Å². The van der Waals surface area contributed by atoms with Crippen molar-refractivity contribution in [1.29, 1.82) is 0 Å². The maximum atomic E-state index is 12.6. The van der Waals surface area contributed by atoms with Crippen LogP contribution in [0, 0.1) is 0 Å². The average Bonchev–Trinajstić information content (AvgIpc) is 3.44. The summed E-state index contributed by atoms with van der Waals surface area (Å²) in [4.78, 5) is 16.6. The van der Waals surface area contributed by atoms with Crippen LogP contribution in [0.4, 0.5) is 5.95 Å². The number of anilines is 1. The van der Waals surface area contributed by atoms with Crippen molar-refractivity contribution in [2.24, 2.45) is 0 Å². The average molecular weight is 391 g/mol. The highest BCUT2D eigenvalue weighted by Crippen LogP contribution is 2.41. The van der Waals surface area contributed by atoms with E-state index in [9.17, 15) is 4.79 Å². The van der Waals surface area contributed by atoms with Crippen LogP contribution in [0.3, 0.4) is 0 Å². The van der Waals surface area contributed by atoms with Gasteiger partial charge in [0.15, 0.2) is 11.5 Å². The summed E-state index contributed by atoms with van der Waals surface area (Å²) >= 11 is 0. The number of aromatic amines is 1. The Morgan fingerprint density at radius 3 is 2.72 bits per heavy atom. The van der Waals surface area contributed by atoms with E-state index in [0.717, 1.165) is 16.5 Å². The Labute approximate surface area is 164 Å². The van der Waals surface area contributed by atoms with Gasteiger partial charge in [0.2, 0.25) is 18.6 Å². The lowest BCUT2D eigenvalue weighted by Gasteiger charge is -2.05. The first kappa shape index (κ1) is 17.1. The van der Waals surface area contributed by atoms with Crippen molar-refractivity contribution in [3.8, 4) is 22.8 Å². The zero-order valence-corrected chi connectivity index (χ0v) is 15.3. The third-order valence-corrected chi connectivity index (χ3v) is 4.66. The Balaban J connectivity index is 1.49. The van der Waals surface area contributed by atoms with E-state index in [2.05, 4.69) is 20.5 Å². The molecular weight excluding hydrogens is 374 g/mol. The molecule has 0 aliphatic carbocycles. The fourth-order valence-corrected chi connectivity index (χ4v) is 3.33. The minimum Gasteiger partial charge on any atom is -0.456 e. The predicted octanol–water partition coefficient (Wildman–Crippen LogP) is 2.39. The van der Waals surface area contributed by atoms with Gasteiger partial charge in [-0.25, -0.2) is 0 Å². The van der Waals surface area contributed by atoms with Crippen LogP contribution in [0.25, 0.3) is 22.3 Å². The lowest BCUT2D eigenvalue weighted by Crippen LogP contribution is -2.25. The van der Waals surface area contributed by atoms with Gasteiger partial charge in [0.05, 0.1) is 13.0 Å². The second-order valence-corrected chi connectivity index (χ2v) is 6.57. The van der Waals surface area contributed by atoms with Gasteiger partial charge >= 0.3 is 0 Å². The normalized spacial score (nSPS) is 12.4. The number of H-pyrrole nitrogens is 1. The van der Waals surface area contributed by atoms with Gasteiger partial charge in [-0.05, 0) is 6.07 Å². The van der Waals surface area contributed by atoms with Crippen LogP contribution in [-0.2, 0) is 17.8 Å². The van der Waals surface area contributed by atoms with E-state index in [1.807, 2.05) is 36.4 Å². The molecule has 1 aliphatic heterocycles. The number of carbonyl (C=O) groups excluding carboxylic acids is 1. The Morgan fingerprint density at radius 1 is 1.17 bits per heavy atom. The molecule has 9 heteroatoms. The number of nitrogen functional groups attached to an aromatic ring is 1. The van der Waals surface area contributed by atoms with Gasteiger partial charge in [0.25, 0.3) is 0 Å². The van der Waals surface area contributed by atoms with Crippen molar-refractivity contribution in [2.75, 3.05) is 12.5 Å². The first-order valence-corrected chi connectivity index (χ1v) is 9.01. The lowest BCUT2D eigenvalue weighted by molar-refractivity contribution is -0.120. The van der Waals surface area contributed by atoms with Gasteiger partial charge in [0.1, 0.15) is 17.2 Å². The molecule has 2 aromatic carbocycles. The summed E-state index contributed by atoms with van der Waals surface area (Å²) < 4.78 is 17.1. The summed E-state index contributed by atoms with van der Waals surface area (Å²) in [6.07, 6.45) is 0.125. The molecule has 0 radical (unpaired) electrons. The number of benzene rings is 2. The SMILES string of the molecule is Nc1n[nH]c(CNC(=O)Cc2c(-c3ccccc3)oc3cc4c(cc23)OCO4)n1. The number of rotatable bonds is 5. The molecule has 1 amide bonds. The minimum atomic E-state index is -0.183. The van der Waals surface area contributed by atoms with Crippen LogP contribution in [-0.4, -0.2) is 27.9 Å². The molecule has 29 heavy (non-hydrogen) atoms. The number of hydrogen-bond donors (Lipinski definition) is 3. The van der Waals surface area contributed by atoms with E-state index < -0.39 is 0 Å². The van der Waals surface area contributed by atoms with Crippen molar-refractivity contribution in [2.45, 2.75) is 13.0 Å². The van der Waals surface area contributed by atoms with Crippen molar-refractivity contribution in [3.05, 3.63) is 53.9 Å². The maximum absolute atomic E-state index is 12.6. The number of amides is 1. The molecule has 0 bridgehead atoms. The summed E-state index contributed by atoms with van der Waals surface area (Å²) in [7, 11) is 0. The number of hydrogen-bond acceptors (Lipinski definition) is 7. The number of nitrogens with two attached hydrogens (primary N) is 1. The fraction of sp³-hybridized carbons (Fsp3) is 0.150. The van der Waals surface area contributed by atoms with Crippen LogP contribution in [0.5, 0.6) is 11.5 Å². The quantitative estimate of drug-likeness (QED) is 0.476. The van der Waals surface area contributed by atoms with Gasteiger partial charge < -0.3 is 24.9 Å². The van der Waals surface area contributed by atoms with Crippen LogP contribution >= 0.6 is 0 Å². The molecular formula is C20H17N5O4. The molecule has 146 valence electrons. The van der Waals surface area contributed by atoms with Gasteiger partial charge in [-0.15, -0.1) is 5.10 Å². The van der Waals surface area contributed by atoms with Crippen molar-refractivity contribution in [3.63, 3.8) is 0 Å². The van der Waals surface area contributed by atoms with Gasteiger partial charge in [-0.1, -0.05) is 30.3 Å². The van der Waals surface area contributed by atoms with E-state index in [1.165, 1.54) is 0 Å². The number of aromatic nitrogens is 3. The van der Waals surface area contributed by atoms with E-state index in [1.54, 1.807) is 6.07 Å². The molecule has 0 fully saturated rings. The Hall–Kier alpha value is -4.01. The molecule has 0 saturated carbocycles. The fourth-order valence-electron chi connectivity index (χ4n) is 3.33. The largest absolute Gasteiger partial charge is 0.456 e. The summed E-state index contributed by atoms with van der Waals surface area (Å²) in [5.41, 5.74) is 7.79. The molecule has 0 saturated heterocycles. The summed E-state index contributed by atoms with van der Waals surface area (Å²) in [6, 6.07) is 13.3. The highest BCUT2D eigenvalue weighted by atomic mass is 16.7. The Kier molecular flexibility index (Phi) is 4.05.